The van der Waals surface area contributed by atoms with Crippen molar-refractivity contribution in [2.24, 2.45) is 5.92 Å². The van der Waals surface area contributed by atoms with E-state index in [4.69, 9.17) is 34.8 Å². The van der Waals surface area contributed by atoms with E-state index >= 15 is 0 Å². The van der Waals surface area contributed by atoms with Gasteiger partial charge in [-0.25, -0.2) is 5.43 Å². The number of halogens is 3. The molecule has 1 amide bonds. The largest absolute Gasteiger partial charge is 0.296 e. The van der Waals surface area contributed by atoms with Crippen molar-refractivity contribution in [2.75, 3.05) is 5.43 Å². The molecule has 2 atom stereocenters. The van der Waals surface area contributed by atoms with Gasteiger partial charge in [-0.2, -0.15) is 0 Å². The van der Waals surface area contributed by atoms with E-state index in [2.05, 4.69) is 35.6 Å². The molecule has 1 heterocycles. The third-order valence-corrected chi connectivity index (χ3v) is 4.19. The third-order valence-electron chi connectivity index (χ3n) is 3.37. The van der Waals surface area contributed by atoms with Crippen molar-refractivity contribution in [1.82, 2.24) is 16.3 Å². The first-order chi connectivity index (χ1) is 10.4. The van der Waals surface area contributed by atoms with Gasteiger partial charge in [0.15, 0.2) is 0 Å². The summed E-state index contributed by atoms with van der Waals surface area (Å²) in [5.41, 5.74) is 11.9. The van der Waals surface area contributed by atoms with Crippen LogP contribution in [0.4, 0.5) is 5.69 Å². The average Bonchev–Trinajstić information content (AvgIpc) is 2.84. The van der Waals surface area contributed by atoms with Gasteiger partial charge in [-0.15, -0.1) is 0 Å². The summed E-state index contributed by atoms with van der Waals surface area (Å²) in [4.78, 5) is 12.2. The van der Waals surface area contributed by atoms with E-state index in [1.54, 1.807) is 12.1 Å². The summed E-state index contributed by atoms with van der Waals surface area (Å²) in [5, 5.41) is 1.12. The first kappa shape index (κ1) is 17.6. The molecule has 2 rings (SSSR count). The molecule has 0 bridgehead atoms. The number of carbonyl (C=O) groups excluding carboxylic acids is 1. The SMILES string of the molecule is CC(C)CC1CC(C(=O)NNc2c(Cl)cc(Cl)cc2Cl)NN1. The first-order valence-corrected chi connectivity index (χ1v) is 8.21. The molecule has 1 fully saturated rings. The predicted octanol–water partition coefficient (Wildman–Crippen LogP) is 3.37. The Labute approximate surface area is 145 Å². The summed E-state index contributed by atoms with van der Waals surface area (Å²) >= 11 is 17.9. The van der Waals surface area contributed by atoms with Crippen LogP contribution in [-0.2, 0) is 4.79 Å². The second kappa shape index (κ2) is 7.70. The molecule has 122 valence electrons. The number of amides is 1. The number of nitrogens with one attached hydrogen (secondary N) is 4. The summed E-state index contributed by atoms with van der Waals surface area (Å²) in [6, 6.07) is 3.09. The highest BCUT2D eigenvalue weighted by molar-refractivity contribution is 6.41. The quantitative estimate of drug-likeness (QED) is 0.604. The summed E-state index contributed by atoms with van der Waals surface area (Å²) < 4.78 is 0. The summed E-state index contributed by atoms with van der Waals surface area (Å²) in [6.07, 6.45) is 1.74. The highest BCUT2D eigenvalue weighted by Crippen LogP contribution is 2.33. The molecule has 22 heavy (non-hydrogen) atoms. The van der Waals surface area contributed by atoms with Gasteiger partial charge in [0.25, 0.3) is 5.91 Å². The second-order valence-corrected chi connectivity index (χ2v) is 7.01. The zero-order valence-electron chi connectivity index (χ0n) is 12.3. The van der Waals surface area contributed by atoms with Gasteiger partial charge in [-0.3, -0.25) is 21.1 Å². The maximum atomic E-state index is 12.2. The van der Waals surface area contributed by atoms with E-state index in [1.807, 2.05) is 0 Å². The number of hydrogen-bond acceptors (Lipinski definition) is 4. The molecule has 1 aromatic carbocycles. The van der Waals surface area contributed by atoms with E-state index in [1.165, 1.54) is 0 Å². The number of anilines is 1. The van der Waals surface area contributed by atoms with Crippen LogP contribution >= 0.6 is 34.8 Å². The minimum absolute atomic E-state index is 0.180. The van der Waals surface area contributed by atoms with Gasteiger partial charge in [0.2, 0.25) is 0 Å². The van der Waals surface area contributed by atoms with E-state index < -0.39 is 0 Å². The molecule has 0 aliphatic carbocycles. The predicted molar refractivity (Wildman–Crippen MR) is 91.2 cm³/mol. The Balaban J connectivity index is 1.89. The number of hydrogen-bond donors (Lipinski definition) is 4. The van der Waals surface area contributed by atoms with Crippen molar-refractivity contribution >= 4 is 46.4 Å². The second-order valence-electron chi connectivity index (χ2n) is 5.76. The molecule has 1 aliphatic rings. The monoisotopic (exact) mass is 364 g/mol. The van der Waals surface area contributed by atoms with Crippen molar-refractivity contribution in [1.29, 1.82) is 0 Å². The van der Waals surface area contributed by atoms with Gasteiger partial charge in [0.05, 0.1) is 15.7 Å². The van der Waals surface area contributed by atoms with E-state index in [0.717, 1.165) is 12.8 Å². The molecule has 0 aromatic heterocycles. The Kier molecular flexibility index (Phi) is 6.17. The van der Waals surface area contributed by atoms with Gasteiger partial charge in [-0.05, 0) is 30.9 Å². The van der Waals surface area contributed by atoms with Crippen molar-refractivity contribution in [3.63, 3.8) is 0 Å². The van der Waals surface area contributed by atoms with Crippen LogP contribution in [0.2, 0.25) is 15.1 Å². The van der Waals surface area contributed by atoms with Crippen molar-refractivity contribution in [2.45, 2.75) is 38.8 Å². The lowest BCUT2D eigenvalue weighted by Gasteiger charge is -2.15. The smallest absolute Gasteiger partial charge is 0.256 e. The van der Waals surface area contributed by atoms with Gasteiger partial charge in [-0.1, -0.05) is 48.7 Å². The molecule has 5 nitrogen and oxygen atoms in total. The molecule has 1 aromatic rings. The highest BCUT2D eigenvalue weighted by atomic mass is 35.5. The lowest BCUT2D eigenvalue weighted by Crippen LogP contribution is -2.45. The van der Waals surface area contributed by atoms with Crippen LogP contribution in [0.3, 0.4) is 0 Å². The summed E-state index contributed by atoms with van der Waals surface area (Å²) in [5.74, 6) is 0.395. The molecule has 0 radical (unpaired) electrons. The Bertz CT molecular complexity index is 530. The molecule has 2 unspecified atom stereocenters. The van der Waals surface area contributed by atoms with Gasteiger partial charge in [0.1, 0.15) is 6.04 Å². The van der Waals surface area contributed by atoms with E-state index in [-0.39, 0.29) is 11.9 Å². The fourth-order valence-electron chi connectivity index (χ4n) is 2.39. The van der Waals surface area contributed by atoms with Crippen LogP contribution < -0.4 is 21.7 Å². The Morgan fingerprint density at radius 2 is 1.91 bits per heavy atom. The maximum absolute atomic E-state index is 12.2. The van der Waals surface area contributed by atoms with Gasteiger partial charge < -0.3 is 0 Å². The van der Waals surface area contributed by atoms with Crippen LogP contribution in [-0.4, -0.2) is 18.0 Å². The van der Waals surface area contributed by atoms with Crippen molar-refractivity contribution in [3.05, 3.63) is 27.2 Å². The Hall–Kier alpha value is -0.720. The van der Waals surface area contributed by atoms with Gasteiger partial charge in [0, 0.05) is 11.1 Å². The number of hydrazine groups is 2. The standard InChI is InChI=1S/C14H19Cl3N4O/c1-7(2)3-9-6-12(19-18-9)14(22)21-20-13-10(16)4-8(15)5-11(13)17/h4-5,7,9,12,18-20H,3,6H2,1-2H3,(H,21,22). The maximum Gasteiger partial charge on any atom is 0.256 e. The lowest BCUT2D eigenvalue weighted by atomic mass is 10.00. The Morgan fingerprint density at radius 3 is 2.50 bits per heavy atom. The average molecular weight is 366 g/mol. The van der Waals surface area contributed by atoms with Gasteiger partial charge >= 0.3 is 0 Å². The fourth-order valence-corrected chi connectivity index (χ4v) is 3.30. The normalized spacial score (nSPS) is 21.2. The third kappa shape index (κ3) is 4.64. The lowest BCUT2D eigenvalue weighted by molar-refractivity contribution is -0.122. The van der Waals surface area contributed by atoms with E-state index in [0.29, 0.717) is 32.7 Å². The number of rotatable bonds is 5. The number of carbonyl (C=O) groups is 1. The van der Waals surface area contributed by atoms with Crippen LogP contribution in [0.25, 0.3) is 0 Å². The molecular formula is C14H19Cl3N4O. The van der Waals surface area contributed by atoms with Crippen molar-refractivity contribution < 1.29 is 4.79 Å². The highest BCUT2D eigenvalue weighted by Gasteiger charge is 2.29. The molecule has 0 saturated carbocycles. The minimum atomic E-state index is -0.305. The topological polar surface area (TPSA) is 65.2 Å². The van der Waals surface area contributed by atoms with E-state index in [9.17, 15) is 4.79 Å². The van der Waals surface area contributed by atoms with Crippen molar-refractivity contribution in [3.8, 4) is 0 Å². The zero-order valence-corrected chi connectivity index (χ0v) is 14.6. The zero-order chi connectivity index (χ0) is 16.3. The van der Waals surface area contributed by atoms with Crippen LogP contribution in [0.15, 0.2) is 12.1 Å². The minimum Gasteiger partial charge on any atom is -0.296 e. The first-order valence-electron chi connectivity index (χ1n) is 7.08. The summed E-state index contributed by atoms with van der Waals surface area (Å²) in [7, 11) is 0. The molecule has 1 saturated heterocycles. The van der Waals surface area contributed by atoms with Crippen LogP contribution in [0.5, 0.6) is 0 Å². The fraction of sp³-hybridized carbons (Fsp3) is 0.500. The number of benzene rings is 1. The van der Waals surface area contributed by atoms with Crippen LogP contribution in [0.1, 0.15) is 26.7 Å². The molecule has 1 aliphatic heterocycles. The molecule has 4 N–H and O–H groups in total. The Morgan fingerprint density at radius 1 is 1.27 bits per heavy atom. The molecule has 0 spiro atoms. The van der Waals surface area contributed by atoms with Crippen LogP contribution in [0, 0.1) is 5.92 Å². The molecule has 8 heteroatoms. The summed E-state index contributed by atoms with van der Waals surface area (Å²) in [6.45, 7) is 4.31. The molecular weight excluding hydrogens is 347 g/mol.